The van der Waals surface area contributed by atoms with Crippen LogP contribution in [0.1, 0.15) is 59.3 Å². The van der Waals surface area contributed by atoms with Crippen LogP contribution in [0.4, 0.5) is 0 Å². The zero-order valence-electron chi connectivity index (χ0n) is 16.3. The van der Waals surface area contributed by atoms with E-state index in [1.807, 2.05) is 0 Å². The number of allylic oxidation sites excluding steroid dienone is 5. The fourth-order valence-electron chi connectivity index (χ4n) is 7.40. The molecule has 25 heavy (non-hydrogen) atoms. The van der Waals surface area contributed by atoms with E-state index in [0.717, 1.165) is 37.4 Å². The summed E-state index contributed by atoms with van der Waals surface area (Å²) in [6.07, 6.45) is 11.2. The molecule has 0 saturated heterocycles. The fourth-order valence-corrected chi connectivity index (χ4v) is 7.40. The molecule has 4 aliphatic carbocycles. The Morgan fingerprint density at radius 1 is 1.32 bits per heavy atom. The molecule has 4 aliphatic rings. The highest BCUT2D eigenvalue weighted by molar-refractivity contribution is 5.36. The smallest absolute Gasteiger partial charge is 0.0958 e. The number of fused-ring (bicyclic) bond motifs is 5. The summed E-state index contributed by atoms with van der Waals surface area (Å²) >= 11 is 0. The van der Waals surface area contributed by atoms with Gasteiger partial charge in [-0.05, 0) is 85.2 Å². The number of aliphatic hydroxyl groups excluding tert-OH is 1. The molecule has 2 fully saturated rings. The minimum atomic E-state index is -0.197. The standard InChI is InChI=1S/C23H34O2/c1-14(2)18-8-9-19-17-7-6-15-12-16(25-5)10-11-22(15,3)21(17)20(24)13-23(18,19)4/h6,12,17-21,24H,1,7-11,13H2,2-5H3/t17-,18+,19-,20-,21+,22-,23+/m0/s1. The van der Waals surface area contributed by atoms with Gasteiger partial charge in [-0.3, -0.25) is 0 Å². The van der Waals surface area contributed by atoms with Gasteiger partial charge in [-0.1, -0.05) is 32.1 Å². The lowest BCUT2D eigenvalue weighted by atomic mass is 9.47. The van der Waals surface area contributed by atoms with Gasteiger partial charge < -0.3 is 9.84 Å². The van der Waals surface area contributed by atoms with Gasteiger partial charge in [0.2, 0.25) is 0 Å². The van der Waals surface area contributed by atoms with Gasteiger partial charge in [-0.25, -0.2) is 0 Å². The fraction of sp³-hybridized carbons (Fsp3) is 0.739. The third-order valence-corrected chi connectivity index (χ3v) is 8.52. The minimum absolute atomic E-state index is 0.104. The maximum atomic E-state index is 11.3. The molecule has 1 N–H and O–H groups in total. The van der Waals surface area contributed by atoms with Crippen LogP contribution in [0, 0.1) is 34.5 Å². The molecule has 0 radical (unpaired) electrons. The van der Waals surface area contributed by atoms with Crippen molar-refractivity contribution in [3.63, 3.8) is 0 Å². The van der Waals surface area contributed by atoms with Gasteiger partial charge in [-0.2, -0.15) is 0 Å². The lowest BCUT2D eigenvalue weighted by Gasteiger charge is -2.59. The predicted molar refractivity (Wildman–Crippen MR) is 102 cm³/mol. The molecule has 4 rings (SSSR count). The normalized spacial score (nSPS) is 48.6. The summed E-state index contributed by atoms with van der Waals surface area (Å²) < 4.78 is 5.52. The molecule has 0 aromatic carbocycles. The van der Waals surface area contributed by atoms with E-state index in [9.17, 15) is 5.11 Å². The van der Waals surface area contributed by atoms with Crippen LogP contribution in [0.2, 0.25) is 0 Å². The Kier molecular flexibility index (Phi) is 3.99. The summed E-state index contributed by atoms with van der Waals surface area (Å²) in [5.74, 6) is 3.41. The molecule has 0 aromatic rings. The molecule has 2 heteroatoms. The van der Waals surface area contributed by atoms with E-state index in [4.69, 9.17) is 4.74 Å². The summed E-state index contributed by atoms with van der Waals surface area (Å²) in [6.45, 7) is 11.3. The number of hydrogen-bond donors (Lipinski definition) is 1. The predicted octanol–water partition coefficient (Wildman–Crippen LogP) is 5.25. The van der Waals surface area contributed by atoms with E-state index in [1.165, 1.54) is 24.0 Å². The highest BCUT2D eigenvalue weighted by atomic mass is 16.5. The highest BCUT2D eigenvalue weighted by Gasteiger charge is 2.61. The van der Waals surface area contributed by atoms with Crippen LogP contribution in [-0.2, 0) is 4.74 Å². The van der Waals surface area contributed by atoms with E-state index in [0.29, 0.717) is 17.8 Å². The average Bonchev–Trinajstić information content (AvgIpc) is 2.90. The summed E-state index contributed by atoms with van der Waals surface area (Å²) in [5, 5.41) is 11.3. The Balaban J connectivity index is 1.73. The quantitative estimate of drug-likeness (QED) is 0.694. The van der Waals surface area contributed by atoms with Crippen molar-refractivity contribution in [2.24, 2.45) is 34.5 Å². The molecule has 0 aliphatic heterocycles. The third kappa shape index (κ3) is 2.32. The van der Waals surface area contributed by atoms with Crippen molar-refractivity contribution in [3.05, 3.63) is 35.6 Å². The van der Waals surface area contributed by atoms with Crippen LogP contribution in [0.15, 0.2) is 35.6 Å². The average molecular weight is 343 g/mol. The van der Waals surface area contributed by atoms with Crippen molar-refractivity contribution < 1.29 is 9.84 Å². The second kappa shape index (κ2) is 5.74. The largest absolute Gasteiger partial charge is 0.501 e. The van der Waals surface area contributed by atoms with Crippen molar-refractivity contribution in [2.45, 2.75) is 65.4 Å². The van der Waals surface area contributed by atoms with E-state index in [2.05, 4.69) is 39.5 Å². The van der Waals surface area contributed by atoms with Crippen LogP contribution >= 0.6 is 0 Å². The monoisotopic (exact) mass is 342 g/mol. The number of rotatable bonds is 2. The van der Waals surface area contributed by atoms with Crippen molar-refractivity contribution in [2.75, 3.05) is 7.11 Å². The molecule has 0 amide bonds. The summed E-state index contributed by atoms with van der Waals surface area (Å²) in [6, 6.07) is 0. The Hall–Kier alpha value is -1.02. The van der Waals surface area contributed by atoms with E-state index in [1.54, 1.807) is 7.11 Å². The van der Waals surface area contributed by atoms with Crippen molar-refractivity contribution in [1.82, 2.24) is 0 Å². The Labute approximate surface area is 153 Å². The maximum Gasteiger partial charge on any atom is 0.0958 e. The highest BCUT2D eigenvalue weighted by Crippen LogP contribution is 2.66. The lowest BCUT2D eigenvalue weighted by Crippen LogP contribution is -2.55. The van der Waals surface area contributed by atoms with Gasteiger partial charge in [0.25, 0.3) is 0 Å². The summed E-state index contributed by atoms with van der Waals surface area (Å²) in [4.78, 5) is 0. The van der Waals surface area contributed by atoms with Crippen LogP contribution in [0.25, 0.3) is 0 Å². The second-order valence-corrected chi connectivity index (χ2v) is 9.68. The maximum absolute atomic E-state index is 11.3. The Bertz CT molecular complexity index is 644. The van der Waals surface area contributed by atoms with Gasteiger partial charge in [0.05, 0.1) is 19.0 Å². The molecule has 0 unspecified atom stereocenters. The number of methoxy groups -OCH3 is 1. The molecular weight excluding hydrogens is 308 g/mol. The van der Waals surface area contributed by atoms with Gasteiger partial charge >= 0.3 is 0 Å². The van der Waals surface area contributed by atoms with Crippen LogP contribution in [-0.4, -0.2) is 18.3 Å². The van der Waals surface area contributed by atoms with Crippen molar-refractivity contribution in [1.29, 1.82) is 0 Å². The molecule has 138 valence electrons. The van der Waals surface area contributed by atoms with E-state index >= 15 is 0 Å². The van der Waals surface area contributed by atoms with Gasteiger partial charge in [0, 0.05) is 6.42 Å². The first kappa shape index (κ1) is 17.4. The first-order chi connectivity index (χ1) is 11.8. The van der Waals surface area contributed by atoms with Crippen LogP contribution in [0.3, 0.4) is 0 Å². The zero-order chi connectivity index (χ0) is 18.0. The first-order valence-corrected chi connectivity index (χ1v) is 10.1. The number of hydrogen-bond acceptors (Lipinski definition) is 2. The first-order valence-electron chi connectivity index (χ1n) is 10.1. The van der Waals surface area contributed by atoms with Gasteiger partial charge in [0.15, 0.2) is 0 Å². The Morgan fingerprint density at radius 3 is 2.76 bits per heavy atom. The molecule has 0 aromatic heterocycles. The SMILES string of the molecule is C=C(C)[C@H]1CC[C@H]2[C@@H]3CC=C4C=C(OC)CC[C@]4(C)[C@H]3[C@@H](O)C[C@]12C. The summed E-state index contributed by atoms with van der Waals surface area (Å²) in [7, 11) is 1.78. The molecule has 0 spiro atoms. The van der Waals surface area contributed by atoms with Crippen molar-refractivity contribution >= 4 is 0 Å². The van der Waals surface area contributed by atoms with E-state index in [-0.39, 0.29) is 16.9 Å². The van der Waals surface area contributed by atoms with Crippen molar-refractivity contribution in [3.8, 4) is 0 Å². The molecule has 2 saturated carbocycles. The zero-order valence-corrected chi connectivity index (χ0v) is 16.3. The second-order valence-electron chi connectivity index (χ2n) is 9.68. The molecule has 7 atom stereocenters. The topological polar surface area (TPSA) is 29.5 Å². The van der Waals surface area contributed by atoms with Gasteiger partial charge in [0.1, 0.15) is 0 Å². The molecule has 0 bridgehead atoms. The van der Waals surface area contributed by atoms with Crippen LogP contribution < -0.4 is 0 Å². The minimum Gasteiger partial charge on any atom is -0.501 e. The molecule has 0 heterocycles. The number of ether oxygens (including phenoxy) is 1. The molecular formula is C23H34O2. The van der Waals surface area contributed by atoms with Gasteiger partial charge in [-0.15, -0.1) is 0 Å². The number of aliphatic hydroxyl groups is 1. The Morgan fingerprint density at radius 2 is 2.08 bits per heavy atom. The van der Waals surface area contributed by atoms with Crippen LogP contribution in [0.5, 0.6) is 0 Å². The lowest BCUT2D eigenvalue weighted by molar-refractivity contribution is -0.115. The summed E-state index contributed by atoms with van der Waals surface area (Å²) in [5.41, 5.74) is 3.07. The van der Waals surface area contributed by atoms with E-state index < -0.39 is 0 Å². The molecule has 2 nitrogen and oxygen atoms in total. The third-order valence-electron chi connectivity index (χ3n) is 8.52.